The van der Waals surface area contributed by atoms with Gasteiger partial charge in [0.1, 0.15) is 5.82 Å². The fourth-order valence-electron chi connectivity index (χ4n) is 2.12. The first-order chi connectivity index (χ1) is 8.88. The van der Waals surface area contributed by atoms with Crippen molar-refractivity contribution in [3.05, 3.63) is 17.8 Å². The van der Waals surface area contributed by atoms with Gasteiger partial charge in [0.25, 0.3) is 0 Å². The van der Waals surface area contributed by atoms with Crippen LogP contribution in [0.4, 0.5) is 5.82 Å². The smallest absolute Gasteiger partial charge is 0.148 e. The van der Waals surface area contributed by atoms with Crippen LogP contribution in [0.2, 0.25) is 0 Å². The minimum Gasteiger partial charge on any atom is -0.367 e. The number of nitrogens with one attached hydrogen (secondary N) is 2. The molecule has 1 saturated heterocycles. The quantitative estimate of drug-likeness (QED) is 0.779. The van der Waals surface area contributed by atoms with Crippen LogP contribution in [0.25, 0.3) is 0 Å². The summed E-state index contributed by atoms with van der Waals surface area (Å²) in [6.07, 6.45) is 2.12. The second-order valence-electron chi connectivity index (χ2n) is 4.68. The highest BCUT2D eigenvalue weighted by molar-refractivity contribution is 5.32. The maximum atomic E-state index is 4.20. The summed E-state index contributed by atoms with van der Waals surface area (Å²) in [4.78, 5) is 2.46. The van der Waals surface area contributed by atoms with E-state index in [0.717, 1.165) is 63.6 Å². The van der Waals surface area contributed by atoms with Crippen molar-refractivity contribution in [2.24, 2.45) is 0 Å². The number of anilines is 1. The molecule has 1 aliphatic rings. The fraction of sp³-hybridized carbons (Fsp3) is 0.692. The van der Waals surface area contributed by atoms with E-state index in [0.29, 0.717) is 0 Å². The number of piperazine rings is 1. The standard InChI is InChI=1S/C13H23N5/c1-2-3-12-4-5-13(17-16-12)15-8-11-18-9-6-14-7-10-18/h4-5,14H,2-3,6-11H2,1H3,(H,15,17). The zero-order valence-electron chi connectivity index (χ0n) is 11.2. The molecule has 0 unspecified atom stereocenters. The van der Waals surface area contributed by atoms with Gasteiger partial charge in [0.05, 0.1) is 5.69 Å². The van der Waals surface area contributed by atoms with E-state index < -0.39 is 0 Å². The van der Waals surface area contributed by atoms with Crippen LogP contribution in [-0.4, -0.2) is 54.4 Å². The molecule has 0 aliphatic carbocycles. The second-order valence-corrected chi connectivity index (χ2v) is 4.68. The Labute approximate surface area is 109 Å². The summed E-state index contributed by atoms with van der Waals surface area (Å²) in [5.74, 6) is 0.880. The molecule has 2 N–H and O–H groups in total. The van der Waals surface area contributed by atoms with Gasteiger partial charge in [0.15, 0.2) is 0 Å². The predicted molar refractivity (Wildman–Crippen MR) is 73.8 cm³/mol. The van der Waals surface area contributed by atoms with Crippen LogP contribution in [0.15, 0.2) is 12.1 Å². The Morgan fingerprint density at radius 2 is 2.11 bits per heavy atom. The lowest BCUT2D eigenvalue weighted by atomic mass is 10.2. The van der Waals surface area contributed by atoms with Gasteiger partial charge >= 0.3 is 0 Å². The zero-order chi connectivity index (χ0) is 12.6. The summed E-state index contributed by atoms with van der Waals surface area (Å²) in [6.45, 7) is 8.64. The van der Waals surface area contributed by atoms with Crippen LogP contribution in [0.1, 0.15) is 19.0 Å². The number of hydrogen-bond acceptors (Lipinski definition) is 5. The number of rotatable bonds is 6. The number of nitrogens with zero attached hydrogens (tertiary/aromatic N) is 3. The minimum atomic E-state index is 0.880. The van der Waals surface area contributed by atoms with Crippen molar-refractivity contribution < 1.29 is 0 Å². The van der Waals surface area contributed by atoms with Gasteiger partial charge in [-0.25, -0.2) is 0 Å². The number of aromatic nitrogens is 2. The molecule has 0 spiro atoms. The molecular formula is C13H23N5. The molecule has 18 heavy (non-hydrogen) atoms. The van der Waals surface area contributed by atoms with Crippen molar-refractivity contribution in [3.8, 4) is 0 Å². The summed E-state index contributed by atoms with van der Waals surface area (Å²) < 4.78 is 0. The van der Waals surface area contributed by atoms with Gasteiger partial charge in [0, 0.05) is 39.3 Å². The van der Waals surface area contributed by atoms with Crippen LogP contribution >= 0.6 is 0 Å². The van der Waals surface area contributed by atoms with Crippen molar-refractivity contribution in [2.45, 2.75) is 19.8 Å². The summed E-state index contributed by atoms with van der Waals surface area (Å²) in [5.41, 5.74) is 1.07. The van der Waals surface area contributed by atoms with E-state index in [-0.39, 0.29) is 0 Å². The average Bonchev–Trinajstić information content (AvgIpc) is 2.42. The Balaban J connectivity index is 1.69. The molecule has 0 saturated carbocycles. The number of aryl methyl sites for hydroxylation is 1. The van der Waals surface area contributed by atoms with Gasteiger partial charge in [-0.2, -0.15) is 5.10 Å². The molecule has 0 aromatic carbocycles. The van der Waals surface area contributed by atoms with Crippen LogP contribution < -0.4 is 10.6 Å². The highest BCUT2D eigenvalue weighted by Crippen LogP contribution is 2.03. The van der Waals surface area contributed by atoms with Crippen LogP contribution in [0.5, 0.6) is 0 Å². The lowest BCUT2D eigenvalue weighted by Gasteiger charge is -2.27. The largest absolute Gasteiger partial charge is 0.367 e. The summed E-state index contributed by atoms with van der Waals surface area (Å²) >= 11 is 0. The third-order valence-electron chi connectivity index (χ3n) is 3.17. The van der Waals surface area contributed by atoms with Crippen molar-refractivity contribution in [3.63, 3.8) is 0 Å². The van der Waals surface area contributed by atoms with Crippen LogP contribution in [-0.2, 0) is 6.42 Å². The van der Waals surface area contributed by atoms with Crippen molar-refractivity contribution in [1.29, 1.82) is 0 Å². The Hall–Kier alpha value is -1.20. The Kier molecular flexibility index (Phi) is 5.36. The third kappa shape index (κ3) is 4.23. The molecule has 2 heterocycles. The van der Waals surface area contributed by atoms with E-state index in [2.05, 4.69) is 38.7 Å². The molecule has 5 heteroatoms. The fourth-order valence-corrected chi connectivity index (χ4v) is 2.12. The molecule has 1 aromatic rings. The first-order valence-corrected chi connectivity index (χ1v) is 6.88. The van der Waals surface area contributed by atoms with E-state index >= 15 is 0 Å². The minimum absolute atomic E-state index is 0.880. The second kappa shape index (κ2) is 7.28. The van der Waals surface area contributed by atoms with E-state index in [1.54, 1.807) is 0 Å². The normalized spacial score (nSPS) is 16.7. The molecule has 0 bridgehead atoms. The van der Waals surface area contributed by atoms with Gasteiger partial charge in [-0.1, -0.05) is 13.3 Å². The SMILES string of the molecule is CCCc1ccc(NCCN2CCNCC2)nn1. The van der Waals surface area contributed by atoms with Gasteiger partial charge in [-0.15, -0.1) is 5.10 Å². The van der Waals surface area contributed by atoms with E-state index in [1.807, 2.05) is 6.07 Å². The Morgan fingerprint density at radius 3 is 2.78 bits per heavy atom. The third-order valence-corrected chi connectivity index (χ3v) is 3.17. The topological polar surface area (TPSA) is 53.1 Å². The lowest BCUT2D eigenvalue weighted by Crippen LogP contribution is -2.45. The molecule has 1 aliphatic heterocycles. The van der Waals surface area contributed by atoms with Gasteiger partial charge in [-0.05, 0) is 18.6 Å². The van der Waals surface area contributed by atoms with Crippen molar-refractivity contribution in [1.82, 2.24) is 20.4 Å². The molecule has 100 valence electrons. The molecule has 0 amide bonds. The highest BCUT2D eigenvalue weighted by Gasteiger charge is 2.08. The predicted octanol–water partition coefficient (Wildman–Crippen LogP) is 0.746. The van der Waals surface area contributed by atoms with E-state index in [1.165, 1.54) is 0 Å². The number of hydrogen-bond donors (Lipinski definition) is 2. The highest BCUT2D eigenvalue weighted by atomic mass is 15.2. The average molecular weight is 249 g/mol. The lowest BCUT2D eigenvalue weighted by molar-refractivity contribution is 0.249. The van der Waals surface area contributed by atoms with Gasteiger partial charge < -0.3 is 10.6 Å². The summed E-state index contributed by atoms with van der Waals surface area (Å²) in [7, 11) is 0. The van der Waals surface area contributed by atoms with Gasteiger partial charge in [-0.3, -0.25) is 4.90 Å². The molecule has 5 nitrogen and oxygen atoms in total. The zero-order valence-corrected chi connectivity index (χ0v) is 11.2. The Morgan fingerprint density at radius 1 is 1.28 bits per heavy atom. The van der Waals surface area contributed by atoms with E-state index in [4.69, 9.17) is 0 Å². The van der Waals surface area contributed by atoms with Crippen molar-refractivity contribution in [2.75, 3.05) is 44.6 Å². The van der Waals surface area contributed by atoms with Crippen LogP contribution in [0, 0.1) is 0 Å². The van der Waals surface area contributed by atoms with Crippen molar-refractivity contribution >= 4 is 5.82 Å². The molecule has 2 rings (SSSR count). The molecular weight excluding hydrogens is 226 g/mol. The van der Waals surface area contributed by atoms with E-state index in [9.17, 15) is 0 Å². The monoisotopic (exact) mass is 249 g/mol. The first kappa shape index (κ1) is 13.2. The Bertz CT molecular complexity index is 332. The maximum absolute atomic E-state index is 4.20. The van der Waals surface area contributed by atoms with Crippen LogP contribution in [0.3, 0.4) is 0 Å². The molecule has 0 radical (unpaired) electrons. The molecule has 1 fully saturated rings. The summed E-state index contributed by atoms with van der Waals surface area (Å²) in [5, 5.41) is 15.1. The maximum Gasteiger partial charge on any atom is 0.148 e. The molecule has 1 aromatic heterocycles. The summed E-state index contributed by atoms with van der Waals surface area (Å²) in [6, 6.07) is 4.08. The van der Waals surface area contributed by atoms with Gasteiger partial charge in [0.2, 0.25) is 0 Å². The molecule has 0 atom stereocenters. The first-order valence-electron chi connectivity index (χ1n) is 6.88.